The predicted molar refractivity (Wildman–Crippen MR) is 93.3 cm³/mol. The first-order valence-electron chi connectivity index (χ1n) is 7.62. The molecule has 6 nitrogen and oxygen atoms in total. The van der Waals surface area contributed by atoms with Crippen LogP contribution in [0.2, 0.25) is 0 Å². The van der Waals surface area contributed by atoms with Crippen molar-refractivity contribution >= 4 is 27.3 Å². The van der Waals surface area contributed by atoms with Gasteiger partial charge >= 0.3 is 0 Å². The van der Waals surface area contributed by atoms with Crippen molar-refractivity contribution < 1.29 is 17.9 Å². The molecule has 0 bridgehead atoms. The van der Waals surface area contributed by atoms with Crippen molar-refractivity contribution in [2.24, 2.45) is 0 Å². The maximum atomic E-state index is 12.5. The molecule has 0 saturated carbocycles. The number of nitrogens with one attached hydrogen (secondary N) is 2. The van der Waals surface area contributed by atoms with E-state index in [1.54, 1.807) is 25.1 Å². The predicted octanol–water partition coefficient (Wildman–Crippen LogP) is 3.50. The number of anilines is 2. The second kappa shape index (κ2) is 6.16. The Kier molecular flexibility index (Phi) is 4.19. The van der Waals surface area contributed by atoms with E-state index in [0.717, 1.165) is 5.56 Å². The van der Waals surface area contributed by atoms with Crippen LogP contribution in [0.25, 0.3) is 0 Å². The summed E-state index contributed by atoms with van der Waals surface area (Å²) in [6.07, 6.45) is 0.512. The molecule has 2 aromatic rings. The smallest absolute Gasteiger partial charge is 0.259 e. The molecule has 3 rings (SSSR count). The Morgan fingerprint density at radius 2 is 1.88 bits per heavy atom. The van der Waals surface area contributed by atoms with Gasteiger partial charge in [0.25, 0.3) is 5.91 Å². The summed E-state index contributed by atoms with van der Waals surface area (Å²) in [5, 5.41) is 2.79. The van der Waals surface area contributed by atoms with Crippen LogP contribution in [0.1, 0.15) is 29.3 Å². The van der Waals surface area contributed by atoms with Gasteiger partial charge in [-0.25, -0.2) is 8.42 Å². The van der Waals surface area contributed by atoms with E-state index in [9.17, 15) is 13.2 Å². The fourth-order valence-electron chi connectivity index (χ4n) is 2.50. The van der Waals surface area contributed by atoms with Crippen LogP contribution < -0.4 is 14.8 Å². The van der Waals surface area contributed by atoms with E-state index in [1.165, 1.54) is 6.07 Å². The highest BCUT2D eigenvalue weighted by Gasteiger charge is 2.22. The highest BCUT2D eigenvalue weighted by Crippen LogP contribution is 2.37. The summed E-state index contributed by atoms with van der Waals surface area (Å²) < 4.78 is 32.1. The van der Waals surface area contributed by atoms with Crippen molar-refractivity contribution in [3.8, 4) is 11.5 Å². The molecule has 126 valence electrons. The first kappa shape index (κ1) is 16.3. The molecule has 1 amide bonds. The standard InChI is InChI=1S/C17H18N2O4S/c1-3-8-24(21,22)19-12-5-7-15-13(10-12)17(20)18-14-9-11(2)4-6-16(14)23-15/h4-7,9-10,19H,3,8H2,1-2H3,(H,18,20). The monoisotopic (exact) mass is 346 g/mol. The molecular weight excluding hydrogens is 328 g/mol. The van der Waals surface area contributed by atoms with Gasteiger partial charge in [0, 0.05) is 5.69 Å². The molecule has 1 aliphatic heterocycles. The van der Waals surface area contributed by atoms with Gasteiger partial charge in [-0.1, -0.05) is 13.0 Å². The van der Waals surface area contributed by atoms with E-state index in [-0.39, 0.29) is 17.2 Å². The summed E-state index contributed by atoms with van der Waals surface area (Å²) in [7, 11) is -3.42. The van der Waals surface area contributed by atoms with Gasteiger partial charge < -0.3 is 10.1 Å². The Morgan fingerprint density at radius 1 is 1.12 bits per heavy atom. The summed E-state index contributed by atoms with van der Waals surface area (Å²) in [5.74, 6) is 0.615. The number of sulfonamides is 1. The first-order chi connectivity index (χ1) is 11.4. The zero-order valence-corrected chi connectivity index (χ0v) is 14.2. The van der Waals surface area contributed by atoms with Crippen LogP contribution in [0.3, 0.4) is 0 Å². The Labute approximate surface area is 140 Å². The Bertz CT molecular complexity index is 907. The number of hydrogen-bond donors (Lipinski definition) is 2. The normalized spacial score (nSPS) is 13.2. The van der Waals surface area contributed by atoms with Gasteiger partial charge in [0.1, 0.15) is 5.75 Å². The molecule has 24 heavy (non-hydrogen) atoms. The minimum Gasteiger partial charge on any atom is -0.454 e. The molecule has 1 aliphatic rings. The van der Waals surface area contributed by atoms with Crippen molar-refractivity contribution in [3.63, 3.8) is 0 Å². The topological polar surface area (TPSA) is 84.5 Å². The molecule has 0 spiro atoms. The number of rotatable bonds is 4. The lowest BCUT2D eigenvalue weighted by atomic mass is 10.1. The van der Waals surface area contributed by atoms with Crippen LogP contribution in [-0.2, 0) is 10.0 Å². The van der Waals surface area contributed by atoms with Gasteiger partial charge in [-0.05, 0) is 49.2 Å². The number of hydrogen-bond acceptors (Lipinski definition) is 4. The molecule has 2 N–H and O–H groups in total. The Hall–Kier alpha value is -2.54. The van der Waals surface area contributed by atoms with Crippen molar-refractivity contribution in [2.45, 2.75) is 20.3 Å². The quantitative estimate of drug-likeness (QED) is 0.887. The molecule has 0 unspecified atom stereocenters. The Balaban J connectivity index is 1.96. The van der Waals surface area contributed by atoms with Gasteiger partial charge in [0.2, 0.25) is 10.0 Å². The van der Waals surface area contributed by atoms with Gasteiger partial charge in [-0.2, -0.15) is 0 Å². The van der Waals surface area contributed by atoms with Gasteiger partial charge in [0.15, 0.2) is 5.75 Å². The molecule has 0 aliphatic carbocycles. The first-order valence-corrected chi connectivity index (χ1v) is 9.27. The van der Waals surface area contributed by atoms with Crippen molar-refractivity contribution in [2.75, 3.05) is 15.8 Å². The van der Waals surface area contributed by atoms with E-state index in [1.807, 2.05) is 19.1 Å². The number of aryl methyl sites for hydroxylation is 1. The second-order valence-corrected chi connectivity index (χ2v) is 7.53. The van der Waals surface area contributed by atoms with E-state index in [2.05, 4.69) is 10.0 Å². The third-order valence-electron chi connectivity index (χ3n) is 3.57. The minimum atomic E-state index is -3.42. The maximum Gasteiger partial charge on any atom is 0.259 e. The number of amides is 1. The summed E-state index contributed by atoms with van der Waals surface area (Å²) >= 11 is 0. The van der Waals surface area contributed by atoms with E-state index in [4.69, 9.17) is 4.74 Å². The zero-order chi connectivity index (χ0) is 17.3. The van der Waals surface area contributed by atoms with Crippen LogP contribution in [0.15, 0.2) is 36.4 Å². The van der Waals surface area contributed by atoms with Crippen LogP contribution in [0.4, 0.5) is 11.4 Å². The summed E-state index contributed by atoms with van der Waals surface area (Å²) in [6, 6.07) is 10.2. The van der Waals surface area contributed by atoms with Crippen molar-refractivity contribution in [1.29, 1.82) is 0 Å². The van der Waals surface area contributed by atoms with Crippen molar-refractivity contribution in [1.82, 2.24) is 0 Å². The molecule has 0 atom stereocenters. The zero-order valence-electron chi connectivity index (χ0n) is 13.4. The maximum absolute atomic E-state index is 12.5. The van der Waals surface area contributed by atoms with Gasteiger partial charge in [-0.3, -0.25) is 9.52 Å². The Morgan fingerprint density at radius 3 is 2.62 bits per heavy atom. The lowest BCUT2D eigenvalue weighted by molar-refractivity contribution is 0.102. The fourth-order valence-corrected chi connectivity index (χ4v) is 3.62. The SMILES string of the molecule is CCCS(=O)(=O)Nc1ccc2c(c1)C(=O)Nc1cc(C)ccc1O2. The van der Waals surface area contributed by atoms with Gasteiger partial charge in [-0.15, -0.1) is 0 Å². The molecule has 1 heterocycles. The summed E-state index contributed by atoms with van der Waals surface area (Å²) in [5.41, 5.74) is 2.20. The van der Waals surface area contributed by atoms with Crippen LogP contribution in [-0.4, -0.2) is 20.1 Å². The molecule has 0 radical (unpaired) electrons. The van der Waals surface area contributed by atoms with Crippen LogP contribution in [0, 0.1) is 6.92 Å². The van der Waals surface area contributed by atoms with Crippen molar-refractivity contribution in [3.05, 3.63) is 47.5 Å². The molecule has 0 saturated heterocycles. The number of carbonyl (C=O) groups is 1. The minimum absolute atomic E-state index is 0.0253. The largest absolute Gasteiger partial charge is 0.454 e. The number of ether oxygens (including phenoxy) is 1. The third kappa shape index (κ3) is 3.35. The van der Waals surface area contributed by atoms with E-state index >= 15 is 0 Å². The number of carbonyl (C=O) groups excluding carboxylic acids is 1. The second-order valence-electron chi connectivity index (χ2n) is 5.69. The fraction of sp³-hybridized carbons (Fsp3) is 0.235. The highest BCUT2D eigenvalue weighted by atomic mass is 32.2. The summed E-state index contributed by atoms with van der Waals surface area (Å²) in [6.45, 7) is 3.71. The third-order valence-corrected chi connectivity index (χ3v) is 5.07. The van der Waals surface area contributed by atoms with Crippen LogP contribution >= 0.6 is 0 Å². The van der Waals surface area contributed by atoms with E-state index in [0.29, 0.717) is 29.3 Å². The average molecular weight is 346 g/mol. The molecular formula is C17H18N2O4S. The molecule has 2 aromatic carbocycles. The molecule has 0 fully saturated rings. The van der Waals surface area contributed by atoms with Gasteiger partial charge in [0.05, 0.1) is 17.0 Å². The number of fused-ring (bicyclic) bond motifs is 2. The van der Waals surface area contributed by atoms with Crippen LogP contribution in [0.5, 0.6) is 11.5 Å². The van der Waals surface area contributed by atoms with E-state index < -0.39 is 10.0 Å². The summed E-state index contributed by atoms with van der Waals surface area (Å²) in [4.78, 5) is 12.5. The highest BCUT2D eigenvalue weighted by molar-refractivity contribution is 7.92. The molecule has 0 aromatic heterocycles. The average Bonchev–Trinajstić information content (AvgIpc) is 2.63. The number of benzene rings is 2. The lowest BCUT2D eigenvalue weighted by Crippen LogP contribution is -2.17. The lowest BCUT2D eigenvalue weighted by Gasteiger charge is -2.10. The molecule has 7 heteroatoms.